The van der Waals surface area contributed by atoms with Gasteiger partial charge in [-0.05, 0) is 36.8 Å². The highest BCUT2D eigenvalue weighted by atomic mass is 16.5. The predicted molar refractivity (Wildman–Crippen MR) is 145 cm³/mol. The van der Waals surface area contributed by atoms with E-state index in [0.29, 0.717) is 50.0 Å². The maximum atomic E-state index is 12.9. The van der Waals surface area contributed by atoms with E-state index in [0.717, 1.165) is 31.9 Å². The Morgan fingerprint density at radius 2 is 1.65 bits per heavy atom. The second kappa shape index (κ2) is 11.0. The van der Waals surface area contributed by atoms with Gasteiger partial charge in [0.2, 0.25) is 5.95 Å². The van der Waals surface area contributed by atoms with Crippen molar-refractivity contribution < 1.29 is 9.53 Å². The highest BCUT2D eigenvalue weighted by molar-refractivity contribution is 5.94. The van der Waals surface area contributed by atoms with Crippen LogP contribution in [0.15, 0.2) is 59.4 Å². The number of H-pyrrole nitrogens is 1. The number of anilines is 2. The molecule has 0 atom stereocenters. The Kier molecular flexibility index (Phi) is 7.41. The number of benzene rings is 2. The molecule has 0 bridgehead atoms. The summed E-state index contributed by atoms with van der Waals surface area (Å²) in [6.07, 6.45) is 0. The lowest BCUT2D eigenvalue weighted by atomic mass is 10.1. The molecule has 0 radical (unpaired) electrons. The lowest BCUT2D eigenvalue weighted by molar-refractivity contribution is 0.0746. The SMILES string of the molecule is COc1cccc(C(=O)N2CCN(c3nc(CN4CCN(c5ccccc5C)CC4)cc(=O)[nH]3)CC2)c1. The van der Waals surface area contributed by atoms with Gasteiger partial charge in [-0.2, -0.15) is 0 Å². The van der Waals surface area contributed by atoms with Gasteiger partial charge in [0, 0.05) is 76.2 Å². The van der Waals surface area contributed by atoms with Crippen molar-refractivity contribution in [1.82, 2.24) is 19.8 Å². The molecule has 2 aliphatic rings. The third-order valence-corrected chi connectivity index (χ3v) is 7.18. The first-order chi connectivity index (χ1) is 18.0. The van der Waals surface area contributed by atoms with Gasteiger partial charge >= 0.3 is 0 Å². The lowest BCUT2D eigenvalue weighted by Gasteiger charge is -2.37. The van der Waals surface area contributed by atoms with E-state index in [-0.39, 0.29) is 11.5 Å². The van der Waals surface area contributed by atoms with Gasteiger partial charge in [0.05, 0.1) is 12.8 Å². The van der Waals surface area contributed by atoms with Crippen molar-refractivity contribution in [2.75, 3.05) is 69.3 Å². The van der Waals surface area contributed by atoms with Gasteiger partial charge in [0.1, 0.15) is 5.75 Å². The fourth-order valence-electron chi connectivity index (χ4n) is 5.08. The second-order valence-corrected chi connectivity index (χ2v) is 9.62. The molecule has 0 unspecified atom stereocenters. The predicted octanol–water partition coefficient (Wildman–Crippen LogP) is 2.37. The summed E-state index contributed by atoms with van der Waals surface area (Å²) in [6, 6.07) is 17.3. The normalized spacial score (nSPS) is 16.6. The molecular weight excluding hydrogens is 468 g/mol. The molecule has 2 aromatic carbocycles. The number of aryl methyl sites for hydroxylation is 1. The van der Waals surface area contributed by atoms with Crippen molar-refractivity contribution in [2.24, 2.45) is 0 Å². The Balaban J connectivity index is 1.18. The number of methoxy groups -OCH3 is 1. The number of piperazine rings is 2. The van der Waals surface area contributed by atoms with Gasteiger partial charge in [0.15, 0.2) is 0 Å². The van der Waals surface area contributed by atoms with Gasteiger partial charge in [0.25, 0.3) is 11.5 Å². The molecule has 2 aliphatic heterocycles. The minimum absolute atomic E-state index is 0.0152. The van der Waals surface area contributed by atoms with E-state index in [1.165, 1.54) is 11.3 Å². The van der Waals surface area contributed by atoms with Gasteiger partial charge in [-0.1, -0.05) is 24.3 Å². The maximum Gasteiger partial charge on any atom is 0.254 e. The first kappa shape index (κ1) is 24.8. The first-order valence-electron chi connectivity index (χ1n) is 12.8. The Morgan fingerprint density at radius 1 is 0.919 bits per heavy atom. The molecule has 5 rings (SSSR count). The number of carbonyl (C=O) groups excluding carboxylic acids is 1. The third-order valence-electron chi connectivity index (χ3n) is 7.18. The number of aromatic nitrogens is 2. The topological polar surface area (TPSA) is 85.0 Å². The molecule has 3 heterocycles. The fraction of sp³-hybridized carbons (Fsp3) is 0.393. The molecule has 3 aromatic rings. The van der Waals surface area contributed by atoms with E-state index in [9.17, 15) is 9.59 Å². The number of rotatable bonds is 6. The number of carbonyl (C=O) groups is 1. The third kappa shape index (κ3) is 5.77. The molecule has 9 heteroatoms. The zero-order valence-electron chi connectivity index (χ0n) is 21.5. The van der Waals surface area contributed by atoms with Gasteiger partial charge < -0.3 is 19.4 Å². The van der Waals surface area contributed by atoms with E-state index in [2.05, 4.69) is 50.9 Å². The number of aromatic amines is 1. The van der Waals surface area contributed by atoms with Gasteiger partial charge in [-0.15, -0.1) is 0 Å². The van der Waals surface area contributed by atoms with Crippen LogP contribution in [0.4, 0.5) is 11.6 Å². The van der Waals surface area contributed by atoms with Gasteiger partial charge in [-0.25, -0.2) is 4.98 Å². The van der Waals surface area contributed by atoms with Crippen LogP contribution in [0.25, 0.3) is 0 Å². The average molecular weight is 503 g/mol. The lowest BCUT2D eigenvalue weighted by Crippen LogP contribution is -2.49. The van der Waals surface area contributed by atoms with Gasteiger partial charge in [-0.3, -0.25) is 19.5 Å². The summed E-state index contributed by atoms with van der Waals surface area (Å²) in [7, 11) is 1.59. The first-order valence-corrected chi connectivity index (χ1v) is 12.8. The minimum Gasteiger partial charge on any atom is -0.497 e. The molecule has 1 N–H and O–H groups in total. The molecule has 2 fully saturated rings. The van der Waals surface area contributed by atoms with Crippen molar-refractivity contribution in [1.29, 1.82) is 0 Å². The van der Waals surface area contributed by atoms with Crippen molar-refractivity contribution >= 4 is 17.5 Å². The Morgan fingerprint density at radius 3 is 2.38 bits per heavy atom. The molecule has 0 spiro atoms. The van der Waals surface area contributed by atoms with Crippen LogP contribution >= 0.6 is 0 Å². The van der Waals surface area contributed by atoms with E-state index in [1.54, 1.807) is 25.3 Å². The minimum atomic E-state index is -0.145. The molecule has 0 saturated carbocycles. The van der Waals surface area contributed by atoms with E-state index in [4.69, 9.17) is 9.72 Å². The van der Waals surface area contributed by atoms with Crippen LogP contribution in [0.1, 0.15) is 21.6 Å². The number of amides is 1. The van der Waals surface area contributed by atoms with Crippen LogP contribution in [0.2, 0.25) is 0 Å². The Hall–Kier alpha value is -3.85. The zero-order valence-corrected chi connectivity index (χ0v) is 21.5. The quantitative estimate of drug-likeness (QED) is 0.554. The number of ether oxygens (including phenoxy) is 1. The van der Waals surface area contributed by atoms with Crippen molar-refractivity contribution in [3.05, 3.63) is 81.8 Å². The number of nitrogens with one attached hydrogen (secondary N) is 1. The molecular formula is C28H34N6O3. The number of para-hydroxylation sites is 1. The summed E-state index contributed by atoms with van der Waals surface area (Å²) in [4.78, 5) is 41.8. The fourth-order valence-corrected chi connectivity index (χ4v) is 5.08. The Labute approximate surface area is 217 Å². The second-order valence-electron chi connectivity index (χ2n) is 9.62. The van der Waals surface area contributed by atoms with Crippen molar-refractivity contribution in [2.45, 2.75) is 13.5 Å². The van der Waals surface area contributed by atoms with Crippen LogP contribution < -0.4 is 20.1 Å². The van der Waals surface area contributed by atoms with Crippen molar-refractivity contribution in [3.8, 4) is 5.75 Å². The standard InChI is InChI=1S/C28H34N6O3/c1-21-6-3-4-9-25(21)32-12-10-31(11-13-32)20-23-19-26(35)30-28(29-23)34-16-14-33(15-17-34)27(36)22-7-5-8-24(18-22)37-2/h3-9,18-19H,10-17,20H2,1-2H3,(H,29,30,35). The zero-order chi connectivity index (χ0) is 25.8. The molecule has 0 aliphatic carbocycles. The van der Waals surface area contributed by atoms with Crippen LogP contribution in [-0.2, 0) is 6.54 Å². The summed E-state index contributed by atoms with van der Waals surface area (Å²) >= 11 is 0. The summed E-state index contributed by atoms with van der Waals surface area (Å²) in [5.74, 6) is 1.23. The van der Waals surface area contributed by atoms with Crippen LogP contribution in [0.3, 0.4) is 0 Å². The van der Waals surface area contributed by atoms with E-state index in [1.807, 2.05) is 17.0 Å². The maximum absolute atomic E-state index is 12.9. The molecule has 2 saturated heterocycles. The van der Waals surface area contributed by atoms with Crippen LogP contribution in [-0.4, -0.2) is 85.1 Å². The van der Waals surface area contributed by atoms with Crippen molar-refractivity contribution in [3.63, 3.8) is 0 Å². The molecule has 1 amide bonds. The van der Waals surface area contributed by atoms with Crippen LogP contribution in [0.5, 0.6) is 5.75 Å². The summed E-state index contributed by atoms with van der Waals surface area (Å²) in [5, 5.41) is 0. The monoisotopic (exact) mass is 502 g/mol. The summed E-state index contributed by atoms with van der Waals surface area (Å²) in [6.45, 7) is 8.87. The smallest absolute Gasteiger partial charge is 0.254 e. The summed E-state index contributed by atoms with van der Waals surface area (Å²) in [5.41, 5.74) is 3.83. The van der Waals surface area contributed by atoms with E-state index < -0.39 is 0 Å². The molecule has 194 valence electrons. The number of hydrogen-bond donors (Lipinski definition) is 1. The number of hydrogen-bond acceptors (Lipinski definition) is 7. The molecule has 37 heavy (non-hydrogen) atoms. The van der Waals surface area contributed by atoms with E-state index >= 15 is 0 Å². The van der Waals surface area contributed by atoms with Crippen LogP contribution in [0, 0.1) is 6.92 Å². The Bertz CT molecular complexity index is 1290. The summed E-state index contributed by atoms with van der Waals surface area (Å²) < 4.78 is 5.25. The average Bonchev–Trinajstić information content (AvgIpc) is 2.93. The highest BCUT2D eigenvalue weighted by Gasteiger charge is 2.24. The highest BCUT2D eigenvalue weighted by Crippen LogP contribution is 2.21. The largest absolute Gasteiger partial charge is 0.497 e. The molecule has 9 nitrogen and oxygen atoms in total. The molecule has 1 aromatic heterocycles. The number of nitrogens with zero attached hydrogens (tertiary/aromatic N) is 5.